The number of nitrogens with zero attached hydrogens (tertiary/aromatic N) is 4. The third kappa shape index (κ3) is 3.97. The molecule has 1 aliphatic rings. The lowest BCUT2D eigenvalue weighted by atomic mass is 9.98. The first-order valence-corrected chi connectivity index (χ1v) is 11.8. The SMILES string of the molecule is COc1ccc(C2=NN(C(C)=O)[C@H](c3cn(-c4ccccc4)nc3-c3cccs3)C2)cc1OC. The fourth-order valence-electron chi connectivity index (χ4n) is 4.18. The van der Waals surface area contributed by atoms with Crippen LogP contribution < -0.4 is 9.47 Å². The second-order valence-corrected chi connectivity index (χ2v) is 8.84. The Morgan fingerprint density at radius 2 is 1.82 bits per heavy atom. The molecule has 0 bridgehead atoms. The molecule has 172 valence electrons. The second kappa shape index (κ2) is 9.15. The van der Waals surface area contributed by atoms with Gasteiger partial charge in [0.15, 0.2) is 11.5 Å². The van der Waals surface area contributed by atoms with Gasteiger partial charge in [-0.15, -0.1) is 11.3 Å². The molecule has 5 rings (SSSR count). The number of aromatic nitrogens is 2. The van der Waals surface area contributed by atoms with Gasteiger partial charge in [-0.25, -0.2) is 9.69 Å². The lowest BCUT2D eigenvalue weighted by molar-refractivity contribution is -0.130. The van der Waals surface area contributed by atoms with Gasteiger partial charge in [-0.3, -0.25) is 4.79 Å². The van der Waals surface area contributed by atoms with Crippen LogP contribution in [-0.4, -0.2) is 40.6 Å². The van der Waals surface area contributed by atoms with Crippen LogP contribution in [0.4, 0.5) is 0 Å². The Bertz CT molecular complexity index is 1350. The third-order valence-corrected chi connectivity index (χ3v) is 6.70. The van der Waals surface area contributed by atoms with Gasteiger partial charge in [0.2, 0.25) is 5.91 Å². The van der Waals surface area contributed by atoms with E-state index < -0.39 is 0 Å². The molecule has 3 heterocycles. The van der Waals surface area contributed by atoms with E-state index in [1.54, 1.807) is 37.5 Å². The molecule has 0 saturated heterocycles. The predicted molar refractivity (Wildman–Crippen MR) is 133 cm³/mol. The van der Waals surface area contributed by atoms with Crippen LogP contribution >= 0.6 is 11.3 Å². The number of para-hydroxylation sites is 1. The average molecular weight is 473 g/mol. The maximum Gasteiger partial charge on any atom is 0.240 e. The number of ether oxygens (including phenoxy) is 2. The van der Waals surface area contributed by atoms with E-state index in [2.05, 4.69) is 6.07 Å². The molecule has 0 radical (unpaired) electrons. The van der Waals surface area contributed by atoms with Crippen LogP contribution in [0, 0.1) is 0 Å². The minimum atomic E-state index is -0.268. The summed E-state index contributed by atoms with van der Waals surface area (Å²) < 4.78 is 12.7. The number of hydrogen-bond acceptors (Lipinski definition) is 6. The third-order valence-electron chi connectivity index (χ3n) is 5.83. The van der Waals surface area contributed by atoms with Crippen LogP contribution in [0.3, 0.4) is 0 Å². The molecule has 0 fully saturated rings. The topological polar surface area (TPSA) is 69.0 Å². The monoisotopic (exact) mass is 472 g/mol. The summed E-state index contributed by atoms with van der Waals surface area (Å²) in [6.07, 6.45) is 2.58. The first kappa shape index (κ1) is 21.9. The second-order valence-electron chi connectivity index (χ2n) is 7.89. The van der Waals surface area contributed by atoms with Gasteiger partial charge < -0.3 is 9.47 Å². The molecule has 0 saturated carbocycles. The molecule has 4 aromatic rings. The summed E-state index contributed by atoms with van der Waals surface area (Å²) >= 11 is 1.63. The van der Waals surface area contributed by atoms with Crippen molar-refractivity contribution in [1.82, 2.24) is 14.8 Å². The number of benzene rings is 2. The van der Waals surface area contributed by atoms with Crippen LogP contribution in [0.1, 0.15) is 30.5 Å². The van der Waals surface area contributed by atoms with Gasteiger partial charge in [-0.2, -0.15) is 10.2 Å². The highest BCUT2D eigenvalue weighted by atomic mass is 32.1. The van der Waals surface area contributed by atoms with Crippen molar-refractivity contribution in [2.45, 2.75) is 19.4 Å². The molecule has 0 unspecified atom stereocenters. The number of hydrogen-bond donors (Lipinski definition) is 0. The first-order valence-electron chi connectivity index (χ1n) is 10.9. The number of hydrazone groups is 1. The Balaban J connectivity index is 1.57. The van der Waals surface area contributed by atoms with Crippen LogP contribution in [0.5, 0.6) is 11.5 Å². The fourth-order valence-corrected chi connectivity index (χ4v) is 4.91. The highest BCUT2D eigenvalue weighted by molar-refractivity contribution is 7.13. The normalized spacial score (nSPS) is 15.3. The molecule has 1 atom stereocenters. The molecule has 0 aliphatic carbocycles. The van der Waals surface area contributed by atoms with Crippen molar-refractivity contribution < 1.29 is 14.3 Å². The maximum atomic E-state index is 12.7. The molecule has 7 nitrogen and oxygen atoms in total. The number of carbonyl (C=O) groups excluding carboxylic acids is 1. The summed E-state index contributed by atoms with van der Waals surface area (Å²) in [6, 6.07) is 19.4. The molecule has 34 heavy (non-hydrogen) atoms. The lowest BCUT2D eigenvalue weighted by Gasteiger charge is -2.19. The number of thiophene rings is 1. The quantitative estimate of drug-likeness (QED) is 0.381. The van der Waals surface area contributed by atoms with Crippen LogP contribution in [0.15, 0.2) is 77.3 Å². The standard InChI is InChI=1S/C26H24N4O3S/c1-17(31)30-22(15-21(27-30)18-11-12-23(32-2)24(14-18)33-3)20-16-29(19-8-5-4-6-9-19)28-26(20)25-10-7-13-34-25/h4-14,16,22H,15H2,1-3H3/t22-/m0/s1. The first-order chi connectivity index (χ1) is 16.6. The van der Waals surface area contributed by atoms with Crippen molar-refractivity contribution in [3.8, 4) is 27.8 Å². The van der Waals surface area contributed by atoms with Gasteiger partial charge >= 0.3 is 0 Å². The van der Waals surface area contributed by atoms with E-state index in [4.69, 9.17) is 19.7 Å². The molecular formula is C26H24N4O3S. The summed E-state index contributed by atoms with van der Waals surface area (Å²) in [6.45, 7) is 1.54. The molecule has 1 aliphatic heterocycles. The van der Waals surface area contributed by atoms with Crippen molar-refractivity contribution in [1.29, 1.82) is 0 Å². The molecule has 8 heteroatoms. The Hall–Kier alpha value is -3.91. The van der Waals surface area contributed by atoms with Gasteiger partial charge in [-0.05, 0) is 41.8 Å². The number of amides is 1. The number of methoxy groups -OCH3 is 2. The number of carbonyl (C=O) groups is 1. The summed E-state index contributed by atoms with van der Waals surface area (Å²) in [4.78, 5) is 13.7. The molecule has 0 spiro atoms. The Kier molecular flexibility index (Phi) is 5.90. The Labute approximate surface area is 201 Å². The van der Waals surface area contributed by atoms with E-state index in [-0.39, 0.29) is 11.9 Å². The van der Waals surface area contributed by atoms with E-state index in [1.807, 2.05) is 70.9 Å². The zero-order chi connectivity index (χ0) is 23.7. The smallest absolute Gasteiger partial charge is 0.240 e. The zero-order valence-electron chi connectivity index (χ0n) is 19.1. The van der Waals surface area contributed by atoms with Crippen molar-refractivity contribution in [2.75, 3.05) is 14.2 Å². The average Bonchev–Trinajstić information content (AvgIpc) is 3.63. The van der Waals surface area contributed by atoms with E-state index in [9.17, 15) is 4.79 Å². The van der Waals surface area contributed by atoms with Gasteiger partial charge in [-0.1, -0.05) is 24.3 Å². The highest BCUT2D eigenvalue weighted by Crippen LogP contribution is 2.40. The summed E-state index contributed by atoms with van der Waals surface area (Å²) in [5, 5.41) is 13.2. The molecular weight excluding hydrogens is 448 g/mol. The van der Waals surface area contributed by atoms with Crippen molar-refractivity contribution in [2.24, 2.45) is 5.10 Å². The molecule has 2 aromatic carbocycles. The van der Waals surface area contributed by atoms with Crippen LogP contribution in [-0.2, 0) is 4.79 Å². The zero-order valence-corrected chi connectivity index (χ0v) is 20.0. The molecule has 2 aromatic heterocycles. The maximum absolute atomic E-state index is 12.7. The predicted octanol–water partition coefficient (Wildman–Crippen LogP) is 5.32. The van der Waals surface area contributed by atoms with E-state index in [1.165, 1.54) is 0 Å². The minimum absolute atomic E-state index is 0.120. The minimum Gasteiger partial charge on any atom is -0.493 e. The van der Waals surface area contributed by atoms with Crippen LogP contribution in [0.2, 0.25) is 0 Å². The lowest BCUT2D eigenvalue weighted by Crippen LogP contribution is -2.24. The Morgan fingerprint density at radius 1 is 1.03 bits per heavy atom. The summed E-state index contributed by atoms with van der Waals surface area (Å²) in [5.41, 5.74) is 4.48. The summed E-state index contributed by atoms with van der Waals surface area (Å²) in [5.74, 6) is 1.15. The van der Waals surface area contributed by atoms with Crippen molar-refractivity contribution >= 4 is 23.0 Å². The van der Waals surface area contributed by atoms with Crippen molar-refractivity contribution in [3.63, 3.8) is 0 Å². The molecule has 0 N–H and O–H groups in total. The van der Waals surface area contributed by atoms with E-state index in [0.29, 0.717) is 17.9 Å². The van der Waals surface area contributed by atoms with Crippen molar-refractivity contribution in [3.05, 3.63) is 83.4 Å². The molecule has 1 amide bonds. The highest BCUT2D eigenvalue weighted by Gasteiger charge is 2.35. The van der Waals surface area contributed by atoms with E-state index in [0.717, 1.165) is 33.1 Å². The number of rotatable bonds is 6. The Morgan fingerprint density at radius 3 is 2.50 bits per heavy atom. The largest absolute Gasteiger partial charge is 0.493 e. The van der Waals surface area contributed by atoms with Gasteiger partial charge in [0.25, 0.3) is 0 Å². The van der Waals surface area contributed by atoms with Crippen LogP contribution in [0.25, 0.3) is 16.3 Å². The summed E-state index contributed by atoms with van der Waals surface area (Å²) in [7, 11) is 3.21. The van der Waals surface area contributed by atoms with Gasteiger partial charge in [0.1, 0.15) is 5.69 Å². The van der Waals surface area contributed by atoms with E-state index >= 15 is 0 Å². The fraction of sp³-hybridized carbons (Fsp3) is 0.192. The van der Waals surface area contributed by atoms with Gasteiger partial charge in [0.05, 0.1) is 36.5 Å². The van der Waals surface area contributed by atoms with Gasteiger partial charge in [0, 0.05) is 30.7 Å².